The summed E-state index contributed by atoms with van der Waals surface area (Å²) in [6.07, 6.45) is -4.24. The van der Waals surface area contributed by atoms with E-state index in [9.17, 15) is 13.2 Å². The van der Waals surface area contributed by atoms with Crippen LogP contribution in [0.3, 0.4) is 0 Å². The van der Waals surface area contributed by atoms with Gasteiger partial charge in [0.1, 0.15) is 4.88 Å². The van der Waals surface area contributed by atoms with Crippen molar-refractivity contribution in [2.75, 3.05) is 0 Å². The lowest BCUT2D eigenvalue weighted by atomic mass is 10.3. The Hall–Kier alpha value is -0.260. The number of nitrogens with two attached hydrogens (primary N) is 1. The van der Waals surface area contributed by atoms with Crippen LogP contribution in [0.1, 0.15) is 22.7 Å². The van der Waals surface area contributed by atoms with E-state index in [1.807, 2.05) is 0 Å². The van der Waals surface area contributed by atoms with E-state index in [-0.39, 0.29) is 18.4 Å². The van der Waals surface area contributed by atoms with Crippen molar-refractivity contribution in [3.05, 3.63) is 21.9 Å². The standard InChI is InChI=1S/C7H8F3NS.ClH/c1-4(11)5-2-3-6(12-5)7(8,9)10;/h2-4H,11H2,1H3;1H/t4-;/m1./s1. The number of hydrogen-bond acceptors (Lipinski definition) is 2. The Balaban J connectivity index is 0.00000144. The van der Waals surface area contributed by atoms with Gasteiger partial charge in [-0.3, -0.25) is 0 Å². The van der Waals surface area contributed by atoms with Gasteiger partial charge in [-0.2, -0.15) is 13.2 Å². The monoisotopic (exact) mass is 231 g/mol. The van der Waals surface area contributed by atoms with E-state index in [1.54, 1.807) is 6.92 Å². The second-order valence-electron chi connectivity index (χ2n) is 2.49. The molecule has 0 bridgehead atoms. The molecule has 0 aromatic carbocycles. The highest BCUT2D eigenvalue weighted by molar-refractivity contribution is 7.12. The summed E-state index contributed by atoms with van der Waals surface area (Å²) in [5.74, 6) is 0. The molecule has 1 atom stereocenters. The second kappa shape index (κ2) is 4.30. The van der Waals surface area contributed by atoms with Crippen LogP contribution in [0, 0.1) is 0 Å². The van der Waals surface area contributed by atoms with Crippen molar-refractivity contribution in [2.45, 2.75) is 19.1 Å². The Kier molecular flexibility index (Phi) is 4.22. The zero-order chi connectivity index (χ0) is 9.35. The van der Waals surface area contributed by atoms with Gasteiger partial charge in [0, 0.05) is 10.9 Å². The largest absolute Gasteiger partial charge is 0.425 e. The van der Waals surface area contributed by atoms with Crippen molar-refractivity contribution < 1.29 is 13.2 Å². The molecule has 0 aliphatic carbocycles. The van der Waals surface area contributed by atoms with E-state index >= 15 is 0 Å². The number of hydrogen-bond donors (Lipinski definition) is 1. The van der Waals surface area contributed by atoms with Gasteiger partial charge in [-0.1, -0.05) is 0 Å². The van der Waals surface area contributed by atoms with Crippen molar-refractivity contribution >= 4 is 23.7 Å². The highest BCUT2D eigenvalue weighted by atomic mass is 35.5. The fourth-order valence-corrected chi connectivity index (χ4v) is 1.58. The van der Waals surface area contributed by atoms with E-state index in [1.165, 1.54) is 6.07 Å². The molecule has 1 heterocycles. The summed E-state index contributed by atoms with van der Waals surface area (Å²) in [6.45, 7) is 1.66. The lowest BCUT2D eigenvalue weighted by molar-refractivity contribution is -0.134. The lowest BCUT2D eigenvalue weighted by Crippen LogP contribution is -2.02. The van der Waals surface area contributed by atoms with Crippen LogP contribution in [-0.4, -0.2) is 0 Å². The van der Waals surface area contributed by atoms with Crippen molar-refractivity contribution in [2.24, 2.45) is 5.73 Å². The zero-order valence-electron chi connectivity index (χ0n) is 6.76. The molecule has 76 valence electrons. The summed E-state index contributed by atoms with van der Waals surface area (Å²) in [6, 6.07) is 2.15. The predicted octanol–water partition coefficient (Wildman–Crippen LogP) is 3.21. The Bertz CT molecular complexity index is 269. The fourth-order valence-electron chi connectivity index (χ4n) is 0.750. The van der Waals surface area contributed by atoms with Gasteiger partial charge in [-0.25, -0.2) is 0 Å². The van der Waals surface area contributed by atoms with Gasteiger partial charge in [-0.05, 0) is 19.1 Å². The molecule has 0 aliphatic rings. The quantitative estimate of drug-likeness (QED) is 0.789. The maximum Gasteiger partial charge on any atom is 0.425 e. The zero-order valence-corrected chi connectivity index (χ0v) is 8.39. The first-order valence-corrected chi connectivity index (χ1v) is 4.15. The molecule has 0 radical (unpaired) electrons. The maximum atomic E-state index is 12.0. The number of halogens is 4. The molecule has 0 amide bonds. The number of alkyl halides is 3. The summed E-state index contributed by atoms with van der Waals surface area (Å²) in [7, 11) is 0. The van der Waals surface area contributed by atoms with Crippen LogP contribution in [0.5, 0.6) is 0 Å². The van der Waals surface area contributed by atoms with E-state index < -0.39 is 11.1 Å². The second-order valence-corrected chi connectivity index (χ2v) is 3.60. The number of thiophene rings is 1. The molecule has 0 fully saturated rings. The summed E-state index contributed by atoms with van der Waals surface area (Å²) in [5, 5.41) is 0. The van der Waals surface area contributed by atoms with Gasteiger partial charge in [0.05, 0.1) is 0 Å². The van der Waals surface area contributed by atoms with Crippen molar-refractivity contribution in [3.63, 3.8) is 0 Å². The van der Waals surface area contributed by atoms with Gasteiger partial charge < -0.3 is 5.73 Å². The Labute approximate surface area is 84.2 Å². The molecule has 13 heavy (non-hydrogen) atoms. The van der Waals surface area contributed by atoms with E-state index in [2.05, 4.69) is 0 Å². The van der Waals surface area contributed by atoms with Gasteiger partial charge in [0.15, 0.2) is 0 Å². The summed E-state index contributed by atoms with van der Waals surface area (Å²) in [5.41, 5.74) is 5.41. The highest BCUT2D eigenvalue weighted by Crippen LogP contribution is 2.35. The van der Waals surface area contributed by atoms with Crippen LogP contribution in [0.2, 0.25) is 0 Å². The highest BCUT2D eigenvalue weighted by Gasteiger charge is 2.32. The molecular formula is C7H9ClF3NS. The summed E-state index contributed by atoms with van der Waals surface area (Å²) in [4.78, 5) is -0.0304. The molecule has 6 heteroatoms. The van der Waals surface area contributed by atoms with Gasteiger partial charge in [0.2, 0.25) is 0 Å². The number of rotatable bonds is 1. The third-order valence-electron chi connectivity index (χ3n) is 1.35. The van der Waals surface area contributed by atoms with E-state index in [0.29, 0.717) is 16.2 Å². The molecular weight excluding hydrogens is 223 g/mol. The molecule has 1 rings (SSSR count). The third-order valence-corrected chi connectivity index (χ3v) is 2.69. The average Bonchev–Trinajstić information content (AvgIpc) is 2.30. The van der Waals surface area contributed by atoms with Crippen molar-refractivity contribution in [1.29, 1.82) is 0 Å². The molecule has 0 spiro atoms. The minimum atomic E-state index is -4.24. The predicted molar refractivity (Wildman–Crippen MR) is 49.2 cm³/mol. The minimum absolute atomic E-state index is 0. The van der Waals surface area contributed by atoms with Crippen LogP contribution in [0.15, 0.2) is 12.1 Å². The average molecular weight is 232 g/mol. The normalized spacial score (nSPS) is 13.6. The van der Waals surface area contributed by atoms with Crippen LogP contribution >= 0.6 is 23.7 Å². The molecule has 0 unspecified atom stereocenters. The fraction of sp³-hybridized carbons (Fsp3) is 0.429. The first-order valence-electron chi connectivity index (χ1n) is 3.34. The SMILES string of the molecule is C[C@@H](N)c1ccc(C(F)(F)F)s1.Cl. The lowest BCUT2D eigenvalue weighted by Gasteiger charge is -2.02. The Morgan fingerprint density at radius 2 is 1.92 bits per heavy atom. The van der Waals surface area contributed by atoms with Crippen LogP contribution < -0.4 is 5.73 Å². The summed E-state index contributed by atoms with van der Waals surface area (Å²) < 4.78 is 36.1. The first-order chi connectivity index (χ1) is 5.41. The molecule has 0 aliphatic heterocycles. The van der Waals surface area contributed by atoms with E-state index in [0.717, 1.165) is 6.07 Å². The molecule has 2 N–H and O–H groups in total. The smallest absolute Gasteiger partial charge is 0.324 e. The Morgan fingerprint density at radius 3 is 2.15 bits per heavy atom. The maximum absolute atomic E-state index is 12.0. The third kappa shape index (κ3) is 3.17. The van der Waals surface area contributed by atoms with Crippen molar-refractivity contribution in [1.82, 2.24) is 0 Å². The van der Waals surface area contributed by atoms with Gasteiger partial charge >= 0.3 is 6.18 Å². The molecule has 0 saturated carbocycles. The topological polar surface area (TPSA) is 26.0 Å². The first kappa shape index (κ1) is 12.7. The van der Waals surface area contributed by atoms with Crippen molar-refractivity contribution in [3.8, 4) is 0 Å². The molecule has 0 saturated heterocycles. The van der Waals surface area contributed by atoms with E-state index in [4.69, 9.17) is 5.73 Å². The van der Waals surface area contributed by atoms with Gasteiger partial charge in [0.25, 0.3) is 0 Å². The summed E-state index contributed by atoms with van der Waals surface area (Å²) >= 11 is 0.698. The minimum Gasteiger partial charge on any atom is -0.324 e. The van der Waals surface area contributed by atoms with Crippen LogP contribution in [0.25, 0.3) is 0 Å². The molecule has 1 aromatic heterocycles. The van der Waals surface area contributed by atoms with Crippen LogP contribution in [-0.2, 0) is 6.18 Å². The van der Waals surface area contributed by atoms with Crippen LogP contribution in [0.4, 0.5) is 13.2 Å². The molecule has 1 aromatic rings. The Morgan fingerprint density at radius 1 is 1.38 bits per heavy atom. The molecule has 1 nitrogen and oxygen atoms in total. The van der Waals surface area contributed by atoms with Gasteiger partial charge in [-0.15, -0.1) is 23.7 Å².